The second kappa shape index (κ2) is 7.01. The molecule has 1 N–H and O–H groups in total. The molecule has 112 valence electrons. The number of benzene rings is 1. The topological polar surface area (TPSA) is 34.2 Å². The largest absolute Gasteiger partial charge is 0.437 e. The molecule has 0 aliphatic rings. The first-order valence-electron chi connectivity index (χ1n) is 6.86. The molecule has 5 heteroatoms. The molecule has 1 heterocycles. The number of nitrogens with zero attached hydrogens (tertiary/aromatic N) is 1. The second-order valence-corrected chi connectivity index (χ2v) is 5.72. The maximum Gasteiger partial charge on any atom is 0.240 e. The Bertz CT molecular complexity index is 644. The van der Waals surface area contributed by atoms with Crippen molar-refractivity contribution in [3.63, 3.8) is 0 Å². The van der Waals surface area contributed by atoms with Gasteiger partial charge in [-0.15, -0.1) is 0 Å². The third kappa shape index (κ3) is 4.02. The van der Waals surface area contributed by atoms with Gasteiger partial charge in [-0.25, -0.2) is 0 Å². The van der Waals surface area contributed by atoms with E-state index in [-0.39, 0.29) is 0 Å². The first-order chi connectivity index (χ1) is 10.0. The van der Waals surface area contributed by atoms with Gasteiger partial charge in [-0.3, -0.25) is 0 Å². The molecule has 2 aromatic rings. The minimum Gasteiger partial charge on any atom is -0.437 e. The Morgan fingerprint density at radius 3 is 2.62 bits per heavy atom. The van der Waals surface area contributed by atoms with E-state index in [2.05, 4.69) is 17.2 Å². The summed E-state index contributed by atoms with van der Waals surface area (Å²) in [5, 5.41) is 4.04. The molecule has 2 rings (SSSR count). The van der Waals surface area contributed by atoms with Crippen molar-refractivity contribution in [3.05, 3.63) is 45.4 Å². The Labute approximate surface area is 135 Å². The van der Waals surface area contributed by atoms with Crippen molar-refractivity contribution in [2.45, 2.75) is 27.2 Å². The summed E-state index contributed by atoms with van der Waals surface area (Å²) in [5.41, 5.74) is 2.14. The predicted molar refractivity (Wildman–Crippen MR) is 89.0 cm³/mol. The van der Waals surface area contributed by atoms with Crippen LogP contribution in [0.1, 0.15) is 24.5 Å². The number of halogens is 2. The van der Waals surface area contributed by atoms with Gasteiger partial charge in [-0.1, -0.05) is 42.3 Å². The summed E-state index contributed by atoms with van der Waals surface area (Å²) in [6, 6.07) is 7.65. The summed E-state index contributed by atoms with van der Waals surface area (Å²) < 4.78 is 5.85. The van der Waals surface area contributed by atoms with Gasteiger partial charge < -0.3 is 10.1 Å². The number of hydrogen-bond donors (Lipinski definition) is 1. The number of nitrogens with one attached hydrogen (secondary N) is 1. The van der Waals surface area contributed by atoms with Gasteiger partial charge in [-0.2, -0.15) is 4.98 Å². The summed E-state index contributed by atoms with van der Waals surface area (Å²) in [5.74, 6) is 1.68. The molecule has 0 aliphatic carbocycles. The number of aromatic nitrogens is 1. The summed E-state index contributed by atoms with van der Waals surface area (Å²) >= 11 is 12.3. The fraction of sp³-hybridized carbons (Fsp3) is 0.312. The number of rotatable bonds is 5. The Balaban J connectivity index is 2.32. The Kier molecular flexibility index (Phi) is 5.32. The fourth-order valence-corrected chi connectivity index (χ4v) is 2.27. The van der Waals surface area contributed by atoms with Crippen molar-refractivity contribution in [3.8, 4) is 11.6 Å². The van der Waals surface area contributed by atoms with Crippen LogP contribution in [0.4, 0.5) is 5.82 Å². The van der Waals surface area contributed by atoms with Crippen molar-refractivity contribution >= 4 is 29.0 Å². The molecule has 0 radical (unpaired) electrons. The van der Waals surface area contributed by atoms with Gasteiger partial charge >= 0.3 is 0 Å². The Morgan fingerprint density at radius 1 is 1.14 bits per heavy atom. The minimum atomic E-state index is 0.355. The van der Waals surface area contributed by atoms with Crippen molar-refractivity contribution < 1.29 is 4.74 Å². The summed E-state index contributed by atoms with van der Waals surface area (Å²) in [6.45, 7) is 6.86. The first kappa shape index (κ1) is 15.9. The molecule has 3 nitrogen and oxygen atoms in total. The average Bonchev–Trinajstić information content (AvgIpc) is 2.44. The normalized spacial score (nSPS) is 10.5. The molecule has 1 aromatic heterocycles. The molecule has 0 atom stereocenters. The summed E-state index contributed by atoms with van der Waals surface area (Å²) in [6.07, 6.45) is 0.980. The molecule has 1 aromatic carbocycles. The predicted octanol–water partition coefficient (Wildman–Crippen LogP) is 5.62. The van der Waals surface area contributed by atoms with Crippen LogP contribution in [0, 0.1) is 13.8 Å². The number of anilines is 1. The Morgan fingerprint density at radius 2 is 1.90 bits per heavy atom. The van der Waals surface area contributed by atoms with Crippen LogP contribution in [0.25, 0.3) is 0 Å². The number of ether oxygens (including phenoxy) is 1. The van der Waals surface area contributed by atoms with E-state index in [1.807, 2.05) is 32.0 Å². The van der Waals surface area contributed by atoms with Crippen molar-refractivity contribution in [1.82, 2.24) is 4.98 Å². The van der Waals surface area contributed by atoms with Crippen LogP contribution in [-0.4, -0.2) is 11.5 Å². The van der Waals surface area contributed by atoms with Crippen LogP contribution >= 0.6 is 23.2 Å². The van der Waals surface area contributed by atoms with E-state index < -0.39 is 0 Å². The van der Waals surface area contributed by atoms with Gasteiger partial charge in [0, 0.05) is 6.54 Å². The Hall–Kier alpha value is -1.45. The summed E-state index contributed by atoms with van der Waals surface area (Å²) in [4.78, 5) is 4.38. The molecule has 0 unspecified atom stereocenters. The lowest BCUT2D eigenvalue weighted by atomic mass is 10.1. The molecular formula is C16H18Cl2N2O. The van der Waals surface area contributed by atoms with Gasteiger partial charge in [-0.05, 0) is 43.5 Å². The number of aryl methyl sites for hydroxylation is 2. The third-order valence-corrected chi connectivity index (χ3v) is 3.55. The van der Waals surface area contributed by atoms with Gasteiger partial charge in [0.25, 0.3) is 0 Å². The van der Waals surface area contributed by atoms with Crippen LogP contribution in [-0.2, 0) is 0 Å². The highest BCUT2D eigenvalue weighted by molar-refractivity contribution is 6.36. The van der Waals surface area contributed by atoms with Crippen molar-refractivity contribution in [1.29, 1.82) is 0 Å². The first-order valence-corrected chi connectivity index (χ1v) is 7.62. The lowest BCUT2D eigenvalue weighted by Gasteiger charge is -2.13. The second-order valence-electron chi connectivity index (χ2n) is 4.90. The zero-order valence-corrected chi connectivity index (χ0v) is 13.8. The third-order valence-electron chi connectivity index (χ3n) is 2.99. The zero-order valence-electron chi connectivity index (χ0n) is 12.3. The maximum absolute atomic E-state index is 6.18. The van der Waals surface area contributed by atoms with Crippen LogP contribution in [0.3, 0.4) is 0 Å². The average molecular weight is 325 g/mol. The van der Waals surface area contributed by atoms with Gasteiger partial charge in [0.05, 0.1) is 5.02 Å². The van der Waals surface area contributed by atoms with E-state index in [0.29, 0.717) is 21.7 Å². The minimum absolute atomic E-state index is 0.355. The molecule has 0 saturated carbocycles. The van der Waals surface area contributed by atoms with Gasteiger partial charge in [0.2, 0.25) is 5.88 Å². The van der Waals surface area contributed by atoms with Crippen molar-refractivity contribution in [2.75, 3.05) is 11.9 Å². The van der Waals surface area contributed by atoms with E-state index in [0.717, 1.165) is 29.8 Å². The van der Waals surface area contributed by atoms with Crippen LogP contribution in [0.2, 0.25) is 10.0 Å². The van der Waals surface area contributed by atoms with E-state index in [1.54, 1.807) is 6.07 Å². The quantitative estimate of drug-likeness (QED) is 0.775. The SMILES string of the molecule is CCCNc1nc(Oc2cc(C)ccc2C)c(Cl)cc1Cl. The van der Waals surface area contributed by atoms with Crippen LogP contribution < -0.4 is 10.1 Å². The van der Waals surface area contributed by atoms with Crippen LogP contribution in [0.5, 0.6) is 11.6 Å². The lowest BCUT2D eigenvalue weighted by Crippen LogP contribution is -2.04. The van der Waals surface area contributed by atoms with Gasteiger partial charge in [0.15, 0.2) is 0 Å². The van der Waals surface area contributed by atoms with E-state index >= 15 is 0 Å². The molecule has 0 amide bonds. The highest BCUT2D eigenvalue weighted by atomic mass is 35.5. The molecule has 0 aliphatic heterocycles. The summed E-state index contributed by atoms with van der Waals surface area (Å²) in [7, 11) is 0. The maximum atomic E-state index is 6.18. The molecule has 0 spiro atoms. The molecule has 21 heavy (non-hydrogen) atoms. The molecular weight excluding hydrogens is 307 g/mol. The molecule has 0 bridgehead atoms. The van der Waals surface area contributed by atoms with Gasteiger partial charge in [0.1, 0.15) is 16.6 Å². The molecule has 0 saturated heterocycles. The highest BCUT2D eigenvalue weighted by Crippen LogP contribution is 2.34. The number of hydrogen-bond acceptors (Lipinski definition) is 3. The highest BCUT2D eigenvalue weighted by Gasteiger charge is 2.12. The zero-order chi connectivity index (χ0) is 15.4. The van der Waals surface area contributed by atoms with E-state index in [9.17, 15) is 0 Å². The monoisotopic (exact) mass is 324 g/mol. The van der Waals surface area contributed by atoms with E-state index in [1.165, 1.54) is 0 Å². The smallest absolute Gasteiger partial charge is 0.240 e. The van der Waals surface area contributed by atoms with Crippen molar-refractivity contribution in [2.24, 2.45) is 0 Å². The van der Waals surface area contributed by atoms with E-state index in [4.69, 9.17) is 27.9 Å². The fourth-order valence-electron chi connectivity index (χ4n) is 1.81. The van der Waals surface area contributed by atoms with Crippen LogP contribution in [0.15, 0.2) is 24.3 Å². The molecule has 0 fully saturated rings. The lowest BCUT2D eigenvalue weighted by molar-refractivity contribution is 0.460. The number of pyridine rings is 1. The standard InChI is InChI=1S/C16H18Cl2N2O/c1-4-7-19-15-12(17)9-13(18)16(20-15)21-14-8-10(2)5-6-11(14)3/h5-6,8-9H,4,7H2,1-3H3,(H,19,20).